The van der Waals surface area contributed by atoms with Gasteiger partial charge in [-0.25, -0.2) is 23.4 Å². The molecule has 0 radical (unpaired) electrons. The molecule has 0 spiro atoms. The van der Waals surface area contributed by atoms with Crippen molar-refractivity contribution in [1.29, 1.82) is 0 Å². The molecule has 0 amide bonds. The van der Waals surface area contributed by atoms with Gasteiger partial charge in [-0.05, 0) is 28.8 Å². The van der Waals surface area contributed by atoms with Crippen LogP contribution in [0.5, 0.6) is 0 Å². The van der Waals surface area contributed by atoms with Crippen LogP contribution in [-0.2, 0) is 19.2 Å². The lowest BCUT2D eigenvalue weighted by Gasteiger charge is -2.31. The molecule has 8 heteroatoms. The van der Waals surface area contributed by atoms with E-state index in [0.29, 0.717) is 5.56 Å². The highest BCUT2D eigenvalue weighted by Gasteiger charge is 2.37. The van der Waals surface area contributed by atoms with Crippen molar-refractivity contribution in [3.05, 3.63) is 97.0 Å². The Hall–Kier alpha value is -3.65. The number of hydrogen-bond acceptors (Lipinski definition) is 4. The summed E-state index contributed by atoms with van der Waals surface area (Å²) in [5.41, 5.74) is 0.737. The molecular formula is C22H19F2N5O. The number of benzene rings is 2. The molecule has 152 valence electrons. The number of halogens is 2. The molecule has 0 bridgehead atoms. The summed E-state index contributed by atoms with van der Waals surface area (Å²) < 4.78 is 31.4. The van der Waals surface area contributed by atoms with Crippen molar-refractivity contribution in [2.75, 3.05) is 0 Å². The number of aromatic nitrogens is 5. The maximum absolute atomic E-state index is 14.6. The van der Waals surface area contributed by atoms with Crippen LogP contribution in [0.2, 0.25) is 0 Å². The van der Waals surface area contributed by atoms with E-state index in [1.54, 1.807) is 24.7 Å². The summed E-state index contributed by atoms with van der Waals surface area (Å²) in [6.45, 7) is 3.90. The van der Waals surface area contributed by atoms with E-state index in [1.807, 2.05) is 23.7 Å². The van der Waals surface area contributed by atoms with Crippen LogP contribution in [0.25, 0.3) is 16.8 Å². The third-order valence-electron chi connectivity index (χ3n) is 5.08. The van der Waals surface area contributed by atoms with Gasteiger partial charge in [0.15, 0.2) is 0 Å². The van der Waals surface area contributed by atoms with Crippen LogP contribution in [0.15, 0.2) is 74.2 Å². The van der Waals surface area contributed by atoms with Crippen molar-refractivity contribution >= 4 is 5.57 Å². The second kappa shape index (κ2) is 7.64. The molecule has 0 aliphatic carbocycles. The summed E-state index contributed by atoms with van der Waals surface area (Å²) in [7, 11) is 1.89. The van der Waals surface area contributed by atoms with E-state index in [4.69, 9.17) is 0 Å². The van der Waals surface area contributed by atoms with Gasteiger partial charge in [0.1, 0.15) is 29.9 Å². The molecule has 0 aliphatic rings. The van der Waals surface area contributed by atoms with Crippen LogP contribution >= 0.6 is 0 Å². The monoisotopic (exact) mass is 407 g/mol. The largest absolute Gasteiger partial charge is 0.378 e. The van der Waals surface area contributed by atoms with Crippen LogP contribution in [0, 0.1) is 11.6 Å². The number of aliphatic hydroxyl groups is 1. The maximum Gasteiger partial charge on any atom is 0.137 e. The van der Waals surface area contributed by atoms with Gasteiger partial charge in [-0.3, -0.25) is 0 Å². The fourth-order valence-electron chi connectivity index (χ4n) is 3.43. The Morgan fingerprint density at radius 3 is 2.47 bits per heavy atom. The first-order valence-electron chi connectivity index (χ1n) is 9.15. The SMILES string of the molecule is C=C(c1ccc(-c2cncn2C)cc1)C(O)(Cn1cncn1)c1ccc(F)cc1F. The maximum atomic E-state index is 14.6. The highest BCUT2D eigenvalue weighted by Crippen LogP contribution is 2.38. The lowest BCUT2D eigenvalue weighted by atomic mass is 9.82. The number of hydrogen-bond donors (Lipinski definition) is 1. The molecule has 2 aromatic carbocycles. The average molecular weight is 407 g/mol. The molecule has 30 heavy (non-hydrogen) atoms. The molecule has 0 fully saturated rings. The molecule has 4 rings (SSSR count). The van der Waals surface area contributed by atoms with Crippen LogP contribution in [0.1, 0.15) is 11.1 Å². The smallest absolute Gasteiger partial charge is 0.137 e. The van der Waals surface area contributed by atoms with E-state index in [-0.39, 0.29) is 17.7 Å². The van der Waals surface area contributed by atoms with E-state index < -0.39 is 17.2 Å². The van der Waals surface area contributed by atoms with Crippen molar-refractivity contribution in [1.82, 2.24) is 24.3 Å². The lowest BCUT2D eigenvalue weighted by Crippen LogP contribution is -2.34. The highest BCUT2D eigenvalue weighted by molar-refractivity contribution is 5.74. The summed E-state index contributed by atoms with van der Waals surface area (Å²) in [6, 6.07) is 10.4. The van der Waals surface area contributed by atoms with Crippen LogP contribution in [0.3, 0.4) is 0 Å². The van der Waals surface area contributed by atoms with E-state index in [0.717, 1.165) is 23.4 Å². The van der Waals surface area contributed by atoms with Gasteiger partial charge in [-0.1, -0.05) is 30.8 Å². The molecule has 1 unspecified atom stereocenters. The van der Waals surface area contributed by atoms with Gasteiger partial charge in [0.05, 0.1) is 24.8 Å². The first kappa shape index (κ1) is 19.7. The van der Waals surface area contributed by atoms with Crippen molar-refractivity contribution in [2.45, 2.75) is 12.1 Å². The quantitative estimate of drug-likeness (QED) is 0.531. The Bertz CT molecular complexity index is 1180. The Morgan fingerprint density at radius 2 is 1.87 bits per heavy atom. The predicted octanol–water partition coefficient (Wildman–Crippen LogP) is 3.56. The molecule has 0 aliphatic heterocycles. The van der Waals surface area contributed by atoms with Gasteiger partial charge in [-0.2, -0.15) is 5.10 Å². The zero-order valence-corrected chi connectivity index (χ0v) is 16.2. The molecular weight excluding hydrogens is 388 g/mol. The fourth-order valence-corrected chi connectivity index (χ4v) is 3.43. The first-order valence-corrected chi connectivity index (χ1v) is 9.15. The minimum Gasteiger partial charge on any atom is -0.378 e. The van der Waals surface area contributed by atoms with E-state index in [2.05, 4.69) is 21.6 Å². The van der Waals surface area contributed by atoms with Crippen LogP contribution in [0.4, 0.5) is 8.78 Å². The molecule has 1 atom stereocenters. The zero-order valence-electron chi connectivity index (χ0n) is 16.2. The lowest BCUT2D eigenvalue weighted by molar-refractivity contribution is 0.0726. The molecule has 4 aromatic rings. The first-order chi connectivity index (χ1) is 14.4. The minimum absolute atomic E-state index is 0.0971. The van der Waals surface area contributed by atoms with Gasteiger partial charge in [0.25, 0.3) is 0 Å². The van der Waals surface area contributed by atoms with E-state index in [1.165, 1.54) is 23.4 Å². The Labute approximate surface area is 171 Å². The number of nitrogens with zero attached hydrogens (tertiary/aromatic N) is 5. The molecule has 0 saturated heterocycles. The summed E-state index contributed by atoms with van der Waals surface area (Å²) in [5, 5.41) is 15.6. The van der Waals surface area contributed by atoms with Gasteiger partial charge in [0, 0.05) is 18.7 Å². The number of aryl methyl sites for hydroxylation is 1. The molecule has 1 N–H and O–H groups in total. The van der Waals surface area contributed by atoms with E-state index in [9.17, 15) is 13.9 Å². The third kappa shape index (κ3) is 3.53. The molecule has 6 nitrogen and oxygen atoms in total. The van der Waals surface area contributed by atoms with Gasteiger partial charge < -0.3 is 9.67 Å². The molecule has 2 aromatic heterocycles. The summed E-state index contributed by atoms with van der Waals surface area (Å²) in [4.78, 5) is 7.98. The van der Waals surface area contributed by atoms with Crippen LogP contribution in [-0.4, -0.2) is 29.4 Å². The summed E-state index contributed by atoms with van der Waals surface area (Å²) in [6.07, 6.45) is 6.17. The average Bonchev–Trinajstić information content (AvgIpc) is 3.39. The molecule has 0 saturated carbocycles. The van der Waals surface area contributed by atoms with Gasteiger partial charge in [0.2, 0.25) is 0 Å². The number of imidazole rings is 1. The van der Waals surface area contributed by atoms with Crippen molar-refractivity contribution < 1.29 is 13.9 Å². The Kier molecular flexibility index (Phi) is 5.01. The predicted molar refractivity (Wildman–Crippen MR) is 108 cm³/mol. The standard InChI is InChI=1S/C22H19F2N5O/c1-15(16-3-5-17(6-4-16)21-10-25-13-28(21)2)22(30,11-29-14-26-12-27-29)19-8-7-18(23)9-20(19)24/h3-10,12-14,30H,1,11H2,2H3. The van der Waals surface area contributed by atoms with Crippen molar-refractivity contribution in [2.24, 2.45) is 7.05 Å². The van der Waals surface area contributed by atoms with Gasteiger partial charge >= 0.3 is 0 Å². The van der Waals surface area contributed by atoms with Crippen LogP contribution < -0.4 is 0 Å². The second-order valence-corrected chi connectivity index (χ2v) is 7.02. The van der Waals surface area contributed by atoms with Crippen molar-refractivity contribution in [3.63, 3.8) is 0 Å². The van der Waals surface area contributed by atoms with Crippen molar-refractivity contribution in [3.8, 4) is 11.3 Å². The summed E-state index contributed by atoms with van der Waals surface area (Å²) in [5.74, 6) is -1.60. The normalized spacial score (nSPS) is 13.2. The Balaban J connectivity index is 1.75. The minimum atomic E-state index is -1.88. The van der Waals surface area contributed by atoms with E-state index >= 15 is 0 Å². The zero-order chi connectivity index (χ0) is 21.3. The highest BCUT2D eigenvalue weighted by atomic mass is 19.1. The topological polar surface area (TPSA) is 68.8 Å². The Morgan fingerprint density at radius 1 is 1.10 bits per heavy atom. The summed E-state index contributed by atoms with van der Waals surface area (Å²) >= 11 is 0. The van der Waals surface area contributed by atoms with Gasteiger partial charge in [-0.15, -0.1) is 0 Å². The third-order valence-corrected chi connectivity index (χ3v) is 5.08. The fraction of sp³-hybridized carbons (Fsp3) is 0.136. The molecule has 2 heterocycles. The second-order valence-electron chi connectivity index (χ2n) is 7.02. The number of rotatable bonds is 6.